The van der Waals surface area contributed by atoms with Gasteiger partial charge in [-0.15, -0.1) is 0 Å². The topological polar surface area (TPSA) is 20.3 Å². The molecule has 2 heteroatoms. The molecule has 1 heterocycles. The summed E-state index contributed by atoms with van der Waals surface area (Å²) < 4.78 is 0. The minimum atomic E-state index is 0.202. The molecule has 112 valence electrons. The lowest BCUT2D eigenvalue weighted by Gasteiger charge is -2.26. The van der Waals surface area contributed by atoms with Crippen molar-refractivity contribution in [2.45, 2.75) is 13.3 Å². The van der Waals surface area contributed by atoms with Gasteiger partial charge in [0.1, 0.15) is 0 Å². The van der Waals surface area contributed by atoms with Gasteiger partial charge in [-0.2, -0.15) is 0 Å². The van der Waals surface area contributed by atoms with Gasteiger partial charge in [0.05, 0.1) is 6.54 Å². The molecule has 0 saturated carbocycles. The van der Waals surface area contributed by atoms with Crippen molar-refractivity contribution in [1.82, 2.24) is 4.90 Å². The van der Waals surface area contributed by atoms with E-state index >= 15 is 0 Å². The van der Waals surface area contributed by atoms with Gasteiger partial charge in [0, 0.05) is 18.7 Å². The Bertz CT molecular complexity index is 688. The number of Topliss-reactive ketones (excluding diaryl/α,β-unsaturated/α-hetero) is 1. The van der Waals surface area contributed by atoms with E-state index in [4.69, 9.17) is 0 Å². The fourth-order valence-electron chi connectivity index (χ4n) is 2.88. The Balaban J connectivity index is 1.63. The van der Waals surface area contributed by atoms with Crippen LogP contribution in [0.4, 0.5) is 0 Å². The molecule has 0 amide bonds. The standard InChI is InChI=1S/C20H21NO/c1-16-6-5-9-19(14-16)17-10-12-21(13-11-17)15-20(22)18-7-3-2-4-8-18/h2-10,14H,11-13,15H2,1H3. The van der Waals surface area contributed by atoms with Gasteiger partial charge in [0.2, 0.25) is 0 Å². The molecule has 2 aromatic rings. The zero-order chi connectivity index (χ0) is 15.4. The van der Waals surface area contributed by atoms with Crippen LogP contribution in [0.1, 0.15) is 27.9 Å². The smallest absolute Gasteiger partial charge is 0.176 e. The summed E-state index contributed by atoms with van der Waals surface area (Å²) in [5, 5.41) is 0. The third kappa shape index (κ3) is 3.52. The van der Waals surface area contributed by atoms with Gasteiger partial charge in [-0.1, -0.05) is 66.2 Å². The van der Waals surface area contributed by atoms with E-state index in [-0.39, 0.29) is 5.78 Å². The largest absolute Gasteiger partial charge is 0.293 e. The maximum atomic E-state index is 12.2. The van der Waals surface area contributed by atoms with Gasteiger partial charge in [0.15, 0.2) is 5.78 Å². The second kappa shape index (κ2) is 6.71. The van der Waals surface area contributed by atoms with E-state index in [0.717, 1.165) is 25.1 Å². The fourth-order valence-corrected chi connectivity index (χ4v) is 2.88. The maximum Gasteiger partial charge on any atom is 0.176 e. The first kappa shape index (κ1) is 14.7. The summed E-state index contributed by atoms with van der Waals surface area (Å²) in [4.78, 5) is 14.5. The molecule has 0 radical (unpaired) electrons. The molecule has 0 N–H and O–H groups in total. The van der Waals surface area contributed by atoms with Crippen molar-refractivity contribution < 1.29 is 4.79 Å². The molecule has 22 heavy (non-hydrogen) atoms. The molecule has 3 rings (SSSR count). The van der Waals surface area contributed by atoms with E-state index in [1.54, 1.807) is 0 Å². The summed E-state index contributed by atoms with van der Waals surface area (Å²) in [6, 6.07) is 18.2. The number of benzene rings is 2. The SMILES string of the molecule is Cc1cccc(C2=CCN(CC(=O)c3ccccc3)CC2)c1. The number of nitrogens with zero attached hydrogens (tertiary/aromatic N) is 1. The zero-order valence-corrected chi connectivity index (χ0v) is 13.0. The Morgan fingerprint density at radius 2 is 1.91 bits per heavy atom. The average molecular weight is 291 g/mol. The number of aryl methyl sites for hydroxylation is 1. The Kier molecular flexibility index (Phi) is 4.50. The Morgan fingerprint density at radius 1 is 1.09 bits per heavy atom. The Labute approximate surface area is 132 Å². The summed E-state index contributed by atoms with van der Waals surface area (Å²) in [7, 11) is 0. The van der Waals surface area contributed by atoms with Crippen LogP contribution in [0.5, 0.6) is 0 Å². The van der Waals surface area contributed by atoms with Gasteiger partial charge in [0.25, 0.3) is 0 Å². The highest BCUT2D eigenvalue weighted by molar-refractivity contribution is 5.97. The van der Waals surface area contributed by atoms with Crippen molar-refractivity contribution in [3.63, 3.8) is 0 Å². The third-order valence-corrected chi connectivity index (χ3v) is 4.15. The van der Waals surface area contributed by atoms with E-state index in [0.29, 0.717) is 6.54 Å². The monoisotopic (exact) mass is 291 g/mol. The van der Waals surface area contributed by atoms with Crippen LogP contribution in [-0.4, -0.2) is 30.3 Å². The predicted octanol–water partition coefficient (Wildman–Crippen LogP) is 3.97. The second-order valence-electron chi connectivity index (χ2n) is 5.87. The molecule has 0 fully saturated rings. The van der Waals surface area contributed by atoms with Crippen LogP contribution in [0.25, 0.3) is 5.57 Å². The minimum Gasteiger partial charge on any atom is -0.293 e. The van der Waals surface area contributed by atoms with Crippen molar-refractivity contribution >= 4 is 11.4 Å². The molecule has 0 aliphatic carbocycles. The molecule has 0 aromatic heterocycles. The number of carbonyl (C=O) groups excluding carboxylic acids is 1. The van der Waals surface area contributed by atoms with Gasteiger partial charge in [-0.05, 0) is 24.5 Å². The quantitative estimate of drug-likeness (QED) is 0.795. The highest BCUT2D eigenvalue weighted by Gasteiger charge is 2.16. The van der Waals surface area contributed by atoms with E-state index in [1.165, 1.54) is 16.7 Å². The van der Waals surface area contributed by atoms with Crippen LogP contribution in [0.2, 0.25) is 0 Å². The van der Waals surface area contributed by atoms with Crippen molar-refractivity contribution in [1.29, 1.82) is 0 Å². The summed E-state index contributed by atoms with van der Waals surface area (Å²) in [6.45, 7) is 4.42. The maximum absolute atomic E-state index is 12.2. The molecular formula is C20H21NO. The lowest BCUT2D eigenvalue weighted by molar-refractivity contribution is 0.0937. The second-order valence-corrected chi connectivity index (χ2v) is 5.87. The summed E-state index contributed by atoms with van der Waals surface area (Å²) in [6.07, 6.45) is 3.27. The van der Waals surface area contributed by atoms with Gasteiger partial charge < -0.3 is 0 Å². The molecule has 0 unspecified atom stereocenters. The van der Waals surface area contributed by atoms with Gasteiger partial charge in [-0.25, -0.2) is 0 Å². The molecular weight excluding hydrogens is 270 g/mol. The van der Waals surface area contributed by atoms with Gasteiger partial charge in [-0.3, -0.25) is 9.69 Å². The zero-order valence-electron chi connectivity index (χ0n) is 13.0. The molecule has 1 aliphatic rings. The van der Waals surface area contributed by atoms with Gasteiger partial charge >= 0.3 is 0 Å². The average Bonchev–Trinajstić information content (AvgIpc) is 2.56. The van der Waals surface area contributed by atoms with E-state index in [1.807, 2.05) is 30.3 Å². The first-order chi connectivity index (χ1) is 10.7. The van der Waals surface area contributed by atoms with Crippen LogP contribution < -0.4 is 0 Å². The first-order valence-corrected chi connectivity index (χ1v) is 7.79. The Morgan fingerprint density at radius 3 is 2.59 bits per heavy atom. The van der Waals surface area contributed by atoms with Crippen molar-refractivity contribution in [3.8, 4) is 0 Å². The molecule has 0 spiro atoms. The van der Waals surface area contributed by atoms with E-state index in [9.17, 15) is 4.79 Å². The molecule has 0 saturated heterocycles. The van der Waals surface area contributed by atoms with Crippen LogP contribution in [0.3, 0.4) is 0 Å². The summed E-state index contributed by atoms with van der Waals surface area (Å²) in [5.74, 6) is 0.202. The predicted molar refractivity (Wildman–Crippen MR) is 91.0 cm³/mol. The van der Waals surface area contributed by atoms with Crippen molar-refractivity contribution in [2.24, 2.45) is 0 Å². The van der Waals surface area contributed by atoms with Crippen molar-refractivity contribution in [3.05, 3.63) is 77.4 Å². The molecule has 0 atom stereocenters. The first-order valence-electron chi connectivity index (χ1n) is 7.79. The molecule has 1 aliphatic heterocycles. The minimum absolute atomic E-state index is 0.202. The lowest BCUT2D eigenvalue weighted by atomic mass is 9.98. The lowest BCUT2D eigenvalue weighted by Crippen LogP contribution is -2.33. The molecule has 0 bridgehead atoms. The fraction of sp³-hybridized carbons (Fsp3) is 0.250. The van der Waals surface area contributed by atoms with Crippen molar-refractivity contribution in [2.75, 3.05) is 19.6 Å². The number of carbonyl (C=O) groups is 1. The number of ketones is 1. The normalized spacial score (nSPS) is 15.4. The van der Waals surface area contributed by atoms with Crippen LogP contribution in [0.15, 0.2) is 60.7 Å². The highest BCUT2D eigenvalue weighted by Crippen LogP contribution is 2.23. The summed E-state index contributed by atoms with van der Waals surface area (Å²) >= 11 is 0. The number of hydrogen-bond donors (Lipinski definition) is 0. The summed E-state index contributed by atoms with van der Waals surface area (Å²) in [5.41, 5.74) is 4.80. The molecule has 2 nitrogen and oxygen atoms in total. The Hall–Kier alpha value is -2.19. The van der Waals surface area contributed by atoms with E-state index in [2.05, 4.69) is 42.2 Å². The van der Waals surface area contributed by atoms with Crippen LogP contribution >= 0.6 is 0 Å². The van der Waals surface area contributed by atoms with Crippen LogP contribution in [0, 0.1) is 6.92 Å². The number of rotatable bonds is 4. The number of hydrogen-bond acceptors (Lipinski definition) is 2. The third-order valence-electron chi connectivity index (χ3n) is 4.15. The highest BCUT2D eigenvalue weighted by atomic mass is 16.1. The van der Waals surface area contributed by atoms with E-state index < -0.39 is 0 Å². The molecule has 2 aromatic carbocycles. The van der Waals surface area contributed by atoms with Crippen LogP contribution in [-0.2, 0) is 0 Å².